The number of amides is 1. The van der Waals surface area contributed by atoms with Gasteiger partial charge in [0.05, 0.1) is 10.2 Å². The van der Waals surface area contributed by atoms with Crippen molar-refractivity contribution in [2.75, 3.05) is 5.32 Å². The molecule has 0 saturated heterocycles. The molecule has 0 unspecified atom stereocenters. The number of nitrogens with one attached hydrogen (secondary N) is 1. The number of anilines is 1. The standard InChI is InChI=1S/C17H17BrN4O/c1-4-13-15(17(23)21-14-6-5-10(2)8-19-14)22-9-11(3)7-12(18)16(22)20-13/h5-9H,4H2,1-3H3,(H,19,21,23). The second-order valence-electron chi connectivity index (χ2n) is 5.49. The van der Waals surface area contributed by atoms with Gasteiger partial charge in [0.25, 0.3) is 5.91 Å². The van der Waals surface area contributed by atoms with Crippen LogP contribution in [0.1, 0.15) is 34.2 Å². The van der Waals surface area contributed by atoms with E-state index in [4.69, 9.17) is 0 Å². The Labute approximate surface area is 142 Å². The Hall–Kier alpha value is -2.21. The fourth-order valence-electron chi connectivity index (χ4n) is 2.48. The van der Waals surface area contributed by atoms with Crippen LogP contribution in [0.4, 0.5) is 5.82 Å². The summed E-state index contributed by atoms with van der Waals surface area (Å²) in [4.78, 5) is 21.6. The number of fused-ring (bicyclic) bond motifs is 1. The predicted octanol–water partition coefficient (Wildman–Crippen LogP) is 3.92. The average Bonchev–Trinajstić information content (AvgIpc) is 2.88. The summed E-state index contributed by atoms with van der Waals surface area (Å²) in [6, 6.07) is 5.70. The largest absolute Gasteiger partial charge is 0.305 e. The number of aryl methyl sites for hydroxylation is 3. The molecule has 0 aliphatic heterocycles. The highest BCUT2D eigenvalue weighted by Gasteiger charge is 2.20. The van der Waals surface area contributed by atoms with Gasteiger partial charge in [-0.1, -0.05) is 13.0 Å². The minimum absolute atomic E-state index is 0.205. The first-order valence-electron chi connectivity index (χ1n) is 7.40. The van der Waals surface area contributed by atoms with Gasteiger partial charge in [0.15, 0.2) is 5.65 Å². The molecule has 0 atom stereocenters. The van der Waals surface area contributed by atoms with Crippen molar-refractivity contribution in [2.24, 2.45) is 0 Å². The van der Waals surface area contributed by atoms with Crippen molar-refractivity contribution in [3.05, 3.63) is 57.6 Å². The zero-order valence-electron chi connectivity index (χ0n) is 13.2. The van der Waals surface area contributed by atoms with E-state index < -0.39 is 0 Å². The van der Waals surface area contributed by atoms with Gasteiger partial charge in [-0.15, -0.1) is 0 Å². The molecule has 0 radical (unpaired) electrons. The summed E-state index contributed by atoms with van der Waals surface area (Å²) in [5.74, 6) is 0.326. The number of rotatable bonds is 3. The number of hydrogen-bond acceptors (Lipinski definition) is 3. The summed E-state index contributed by atoms with van der Waals surface area (Å²) >= 11 is 3.52. The minimum atomic E-state index is -0.205. The number of nitrogens with zero attached hydrogens (tertiary/aromatic N) is 3. The molecule has 6 heteroatoms. The molecule has 3 aromatic rings. The lowest BCUT2D eigenvalue weighted by molar-refractivity contribution is 0.102. The van der Waals surface area contributed by atoms with Gasteiger partial charge in [0.2, 0.25) is 0 Å². The molecule has 3 rings (SSSR count). The van der Waals surface area contributed by atoms with Gasteiger partial charge in [-0.3, -0.25) is 9.20 Å². The van der Waals surface area contributed by atoms with Crippen LogP contribution < -0.4 is 5.32 Å². The smallest absolute Gasteiger partial charge is 0.275 e. The van der Waals surface area contributed by atoms with Crippen LogP contribution in [0.3, 0.4) is 0 Å². The maximum absolute atomic E-state index is 12.7. The Balaban J connectivity index is 2.07. The van der Waals surface area contributed by atoms with E-state index >= 15 is 0 Å². The van der Waals surface area contributed by atoms with E-state index in [2.05, 4.69) is 31.2 Å². The Morgan fingerprint density at radius 3 is 2.74 bits per heavy atom. The SMILES string of the molecule is CCc1nc2c(Br)cc(C)cn2c1C(=O)Nc1ccc(C)cn1. The molecule has 0 saturated carbocycles. The Morgan fingerprint density at radius 2 is 2.09 bits per heavy atom. The van der Waals surface area contributed by atoms with Crippen LogP contribution in [-0.2, 0) is 6.42 Å². The molecule has 3 heterocycles. The second-order valence-corrected chi connectivity index (χ2v) is 6.35. The molecule has 23 heavy (non-hydrogen) atoms. The number of carbonyl (C=O) groups is 1. The molecule has 5 nitrogen and oxygen atoms in total. The Bertz CT molecular complexity index is 884. The fourth-order valence-corrected chi connectivity index (χ4v) is 3.12. The lowest BCUT2D eigenvalue weighted by Crippen LogP contribution is -2.17. The fraction of sp³-hybridized carbons (Fsp3) is 0.235. The highest BCUT2D eigenvalue weighted by atomic mass is 79.9. The first-order chi connectivity index (χ1) is 11.0. The quantitative estimate of drug-likeness (QED) is 0.757. The molecule has 0 bridgehead atoms. The van der Waals surface area contributed by atoms with Crippen molar-refractivity contribution in [3.8, 4) is 0 Å². The molecule has 0 aliphatic carbocycles. The van der Waals surface area contributed by atoms with Gasteiger partial charge >= 0.3 is 0 Å². The maximum atomic E-state index is 12.7. The average molecular weight is 373 g/mol. The molecule has 3 aromatic heterocycles. The Kier molecular flexibility index (Phi) is 4.17. The second kappa shape index (κ2) is 6.12. The molecular formula is C17H17BrN4O. The number of aromatic nitrogens is 3. The molecule has 1 amide bonds. The number of hydrogen-bond donors (Lipinski definition) is 1. The third kappa shape index (κ3) is 2.99. The van der Waals surface area contributed by atoms with Crippen LogP contribution in [0, 0.1) is 13.8 Å². The summed E-state index contributed by atoms with van der Waals surface area (Å²) < 4.78 is 2.71. The highest BCUT2D eigenvalue weighted by molar-refractivity contribution is 9.10. The normalized spacial score (nSPS) is 11.0. The highest BCUT2D eigenvalue weighted by Crippen LogP contribution is 2.23. The van der Waals surface area contributed by atoms with Crippen molar-refractivity contribution in [1.82, 2.24) is 14.4 Å². The zero-order chi connectivity index (χ0) is 16.6. The summed E-state index contributed by atoms with van der Waals surface area (Å²) in [6.45, 7) is 5.93. The van der Waals surface area contributed by atoms with Gasteiger partial charge in [-0.2, -0.15) is 0 Å². The monoisotopic (exact) mass is 372 g/mol. The summed E-state index contributed by atoms with van der Waals surface area (Å²) in [5, 5.41) is 2.85. The van der Waals surface area contributed by atoms with Gasteiger partial charge in [-0.25, -0.2) is 9.97 Å². The number of imidazole rings is 1. The van der Waals surface area contributed by atoms with E-state index in [9.17, 15) is 4.79 Å². The third-order valence-corrected chi connectivity index (χ3v) is 4.17. The van der Waals surface area contributed by atoms with Crippen LogP contribution in [-0.4, -0.2) is 20.3 Å². The van der Waals surface area contributed by atoms with E-state index in [1.165, 1.54) is 0 Å². The number of carbonyl (C=O) groups excluding carboxylic acids is 1. The lowest BCUT2D eigenvalue weighted by Gasteiger charge is -2.07. The summed E-state index contributed by atoms with van der Waals surface area (Å²) in [5.41, 5.74) is 4.16. The number of pyridine rings is 2. The molecule has 0 fully saturated rings. The van der Waals surface area contributed by atoms with E-state index in [-0.39, 0.29) is 5.91 Å². The molecule has 0 aromatic carbocycles. The molecule has 118 valence electrons. The summed E-state index contributed by atoms with van der Waals surface area (Å²) in [6.07, 6.45) is 4.33. The first kappa shape index (κ1) is 15.7. The zero-order valence-corrected chi connectivity index (χ0v) is 14.8. The van der Waals surface area contributed by atoms with Gasteiger partial charge < -0.3 is 5.32 Å². The van der Waals surface area contributed by atoms with Crippen molar-refractivity contribution >= 4 is 33.3 Å². The maximum Gasteiger partial charge on any atom is 0.275 e. The van der Waals surface area contributed by atoms with Crippen molar-refractivity contribution < 1.29 is 4.79 Å². The van der Waals surface area contributed by atoms with Crippen LogP contribution >= 0.6 is 15.9 Å². The van der Waals surface area contributed by atoms with E-state index in [0.717, 1.165) is 26.9 Å². The van der Waals surface area contributed by atoms with Gasteiger partial charge in [0, 0.05) is 12.4 Å². The lowest BCUT2D eigenvalue weighted by atomic mass is 10.2. The molecule has 1 N–H and O–H groups in total. The Morgan fingerprint density at radius 1 is 1.30 bits per heavy atom. The van der Waals surface area contributed by atoms with E-state index in [0.29, 0.717) is 17.9 Å². The third-order valence-electron chi connectivity index (χ3n) is 3.59. The molecular weight excluding hydrogens is 356 g/mol. The van der Waals surface area contributed by atoms with Crippen molar-refractivity contribution in [1.29, 1.82) is 0 Å². The topological polar surface area (TPSA) is 59.3 Å². The molecule has 0 aliphatic rings. The van der Waals surface area contributed by atoms with E-state index in [1.807, 2.05) is 43.5 Å². The minimum Gasteiger partial charge on any atom is -0.305 e. The molecule has 0 spiro atoms. The van der Waals surface area contributed by atoms with Crippen molar-refractivity contribution in [3.63, 3.8) is 0 Å². The van der Waals surface area contributed by atoms with Gasteiger partial charge in [0.1, 0.15) is 11.5 Å². The van der Waals surface area contributed by atoms with E-state index in [1.54, 1.807) is 12.3 Å². The van der Waals surface area contributed by atoms with Crippen LogP contribution in [0.5, 0.6) is 0 Å². The predicted molar refractivity (Wildman–Crippen MR) is 93.9 cm³/mol. The summed E-state index contributed by atoms with van der Waals surface area (Å²) in [7, 11) is 0. The van der Waals surface area contributed by atoms with Crippen LogP contribution in [0.15, 0.2) is 35.1 Å². The first-order valence-corrected chi connectivity index (χ1v) is 8.20. The van der Waals surface area contributed by atoms with Crippen molar-refractivity contribution in [2.45, 2.75) is 27.2 Å². The number of halogens is 1. The van der Waals surface area contributed by atoms with Gasteiger partial charge in [-0.05, 0) is 59.5 Å². The van der Waals surface area contributed by atoms with Crippen LogP contribution in [0.25, 0.3) is 5.65 Å². The van der Waals surface area contributed by atoms with Crippen LogP contribution in [0.2, 0.25) is 0 Å².